The summed E-state index contributed by atoms with van der Waals surface area (Å²) in [7, 11) is 0. The Morgan fingerprint density at radius 1 is 0.929 bits per heavy atom. The van der Waals surface area contributed by atoms with Crippen LogP contribution in [0.25, 0.3) is 31.1 Å². The number of fused-ring (bicyclic) bond motifs is 4. The molecule has 3 aromatic carbocycles. The van der Waals surface area contributed by atoms with E-state index < -0.39 is 0 Å². The molecule has 0 bridgehead atoms. The number of aromatic nitrogens is 1. The van der Waals surface area contributed by atoms with Gasteiger partial charge in [-0.1, -0.05) is 60.2 Å². The average Bonchev–Trinajstić information content (AvgIpc) is 2.73. The Morgan fingerprint density at radius 2 is 1.71 bits per heavy atom. The van der Waals surface area contributed by atoms with E-state index >= 15 is 0 Å². The van der Waals surface area contributed by atoms with Crippen molar-refractivity contribution < 1.29 is 0 Å². The highest BCUT2D eigenvalue weighted by atomic mass is 32.1. The third kappa shape index (κ3) is 2.83. The summed E-state index contributed by atoms with van der Waals surface area (Å²) in [5.74, 6) is 0.766. The third-order valence-corrected chi connectivity index (χ3v) is 6.15. The van der Waals surface area contributed by atoms with Crippen molar-refractivity contribution in [1.82, 2.24) is 4.98 Å². The fourth-order valence-corrected chi connectivity index (χ4v) is 4.71. The molecule has 0 atom stereocenters. The van der Waals surface area contributed by atoms with Crippen molar-refractivity contribution in [3.8, 4) is 0 Å². The van der Waals surface area contributed by atoms with Crippen molar-refractivity contribution in [2.24, 2.45) is 0 Å². The fourth-order valence-electron chi connectivity index (χ4n) is 3.58. The van der Waals surface area contributed by atoms with E-state index in [-0.39, 0.29) is 5.43 Å². The van der Waals surface area contributed by atoms with Crippen LogP contribution < -0.4 is 10.7 Å². The lowest BCUT2D eigenvalue weighted by molar-refractivity contribution is 1.13. The second-order valence-electron chi connectivity index (χ2n) is 6.95. The van der Waals surface area contributed by atoms with Crippen molar-refractivity contribution in [3.63, 3.8) is 0 Å². The van der Waals surface area contributed by atoms with Crippen molar-refractivity contribution in [2.75, 3.05) is 5.32 Å². The van der Waals surface area contributed by atoms with Gasteiger partial charge in [-0.05, 0) is 30.7 Å². The molecule has 0 saturated heterocycles. The van der Waals surface area contributed by atoms with Gasteiger partial charge in [-0.25, -0.2) is 4.98 Å². The molecule has 1 N–H and O–H groups in total. The zero-order chi connectivity index (χ0) is 19.1. The highest BCUT2D eigenvalue weighted by Crippen LogP contribution is 2.34. The number of hydrogen-bond acceptors (Lipinski definition) is 4. The van der Waals surface area contributed by atoms with Gasteiger partial charge in [0.1, 0.15) is 5.82 Å². The molecule has 5 rings (SSSR count). The predicted molar refractivity (Wildman–Crippen MR) is 119 cm³/mol. The van der Waals surface area contributed by atoms with Gasteiger partial charge in [0.2, 0.25) is 0 Å². The lowest BCUT2D eigenvalue weighted by atomic mass is 10.1. The summed E-state index contributed by atoms with van der Waals surface area (Å²) in [6, 6.07) is 24.2. The Bertz CT molecular complexity index is 1390. The summed E-state index contributed by atoms with van der Waals surface area (Å²) in [5.41, 5.74) is 3.18. The molecule has 0 spiro atoms. The lowest BCUT2D eigenvalue weighted by Crippen LogP contribution is -2.07. The first-order valence-corrected chi connectivity index (χ1v) is 10.1. The van der Waals surface area contributed by atoms with E-state index in [0.29, 0.717) is 6.54 Å². The first kappa shape index (κ1) is 16.9. The topological polar surface area (TPSA) is 42.0 Å². The molecule has 28 heavy (non-hydrogen) atoms. The van der Waals surface area contributed by atoms with Gasteiger partial charge in [0.15, 0.2) is 5.43 Å². The quantitative estimate of drug-likeness (QED) is 0.313. The number of pyridine rings is 1. The molecule has 2 aromatic heterocycles. The largest absolute Gasteiger partial charge is 0.365 e. The summed E-state index contributed by atoms with van der Waals surface area (Å²) in [6.45, 7) is 2.68. The van der Waals surface area contributed by atoms with Crippen LogP contribution in [0.15, 0.2) is 77.6 Å². The number of nitrogens with zero attached hydrogens (tertiary/aromatic N) is 1. The molecule has 0 amide bonds. The first-order valence-electron chi connectivity index (χ1n) is 9.24. The molecule has 0 saturated carbocycles. The molecule has 0 aliphatic rings. The fraction of sp³-hybridized carbons (Fsp3) is 0.0833. The monoisotopic (exact) mass is 382 g/mol. The Kier molecular flexibility index (Phi) is 4.06. The zero-order valence-electron chi connectivity index (χ0n) is 15.4. The summed E-state index contributed by atoms with van der Waals surface area (Å²) >= 11 is 1.63. The maximum atomic E-state index is 13.4. The third-order valence-electron chi connectivity index (χ3n) is 4.97. The van der Waals surface area contributed by atoms with Crippen LogP contribution in [-0.4, -0.2) is 4.98 Å². The first-order chi connectivity index (χ1) is 13.7. The molecule has 0 fully saturated rings. The Labute approximate surface area is 166 Å². The molecule has 2 heterocycles. The molecule has 3 nitrogen and oxygen atoms in total. The Hall–Kier alpha value is -3.24. The number of rotatable bonds is 3. The molecule has 0 aliphatic carbocycles. The van der Waals surface area contributed by atoms with E-state index in [1.165, 1.54) is 5.56 Å². The van der Waals surface area contributed by atoms with Gasteiger partial charge in [-0.3, -0.25) is 4.79 Å². The van der Waals surface area contributed by atoms with Crippen LogP contribution in [0.2, 0.25) is 0 Å². The van der Waals surface area contributed by atoms with Crippen LogP contribution in [0.5, 0.6) is 0 Å². The van der Waals surface area contributed by atoms with Crippen LogP contribution >= 0.6 is 11.3 Å². The van der Waals surface area contributed by atoms with Crippen LogP contribution in [0.3, 0.4) is 0 Å². The van der Waals surface area contributed by atoms with Gasteiger partial charge in [-0.15, -0.1) is 11.3 Å². The van der Waals surface area contributed by atoms with Crippen molar-refractivity contribution >= 4 is 48.2 Å². The summed E-state index contributed by atoms with van der Waals surface area (Å²) in [6.07, 6.45) is 0. The van der Waals surface area contributed by atoms with Crippen LogP contribution in [0.4, 0.5) is 5.82 Å². The van der Waals surface area contributed by atoms with E-state index in [4.69, 9.17) is 4.98 Å². The summed E-state index contributed by atoms with van der Waals surface area (Å²) < 4.78 is 1.90. The van der Waals surface area contributed by atoms with Crippen molar-refractivity contribution in [1.29, 1.82) is 0 Å². The van der Waals surface area contributed by atoms with E-state index in [0.717, 1.165) is 42.5 Å². The predicted octanol–water partition coefficient (Wildman–Crippen LogP) is 5.88. The molecule has 4 heteroatoms. The highest BCUT2D eigenvalue weighted by molar-refractivity contribution is 7.25. The molecule has 0 unspecified atom stereocenters. The number of hydrogen-bond donors (Lipinski definition) is 1. The number of benzene rings is 3. The number of para-hydroxylation sites is 1. The molecule has 0 radical (unpaired) electrons. The molecule has 136 valence electrons. The number of aryl methyl sites for hydroxylation is 1. The van der Waals surface area contributed by atoms with E-state index in [1.807, 2.05) is 61.5 Å². The smallest absolute Gasteiger partial charge is 0.196 e. The molecular formula is C24H18N2OS. The maximum absolute atomic E-state index is 13.4. The van der Waals surface area contributed by atoms with Crippen molar-refractivity contribution in [3.05, 3.63) is 94.1 Å². The van der Waals surface area contributed by atoms with E-state index in [2.05, 4.69) is 23.5 Å². The average molecular weight is 382 g/mol. The minimum Gasteiger partial charge on any atom is -0.365 e. The van der Waals surface area contributed by atoms with Gasteiger partial charge in [0.25, 0.3) is 0 Å². The molecule has 5 aromatic rings. The summed E-state index contributed by atoms with van der Waals surface area (Å²) in [4.78, 5) is 18.3. The van der Waals surface area contributed by atoms with Crippen LogP contribution in [0, 0.1) is 6.92 Å². The second-order valence-corrected chi connectivity index (χ2v) is 8.00. The second kappa shape index (κ2) is 6.73. The van der Waals surface area contributed by atoms with Crippen LogP contribution in [-0.2, 0) is 6.54 Å². The number of nitrogens with one attached hydrogen (secondary N) is 1. The Morgan fingerprint density at radius 3 is 2.57 bits per heavy atom. The number of anilines is 1. The minimum atomic E-state index is 0.0776. The van der Waals surface area contributed by atoms with Gasteiger partial charge < -0.3 is 5.32 Å². The van der Waals surface area contributed by atoms with Crippen molar-refractivity contribution in [2.45, 2.75) is 13.5 Å². The van der Waals surface area contributed by atoms with Gasteiger partial charge >= 0.3 is 0 Å². The Balaban J connectivity index is 1.80. The lowest BCUT2D eigenvalue weighted by Gasteiger charge is -2.12. The highest BCUT2D eigenvalue weighted by Gasteiger charge is 2.15. The molecular weight excluding hydrogens is 364 g/mol. The van der Waals surface area contributed by atoms with Crippen LogP contribution in [0.1, 0.15) is 11.1 Å². The van der Waals surface area contributed by atoms with E-state index in [9.17, 15) is 4.79 Å². The van der Waals surface area contributed by atoms with E-state index in [1.54, 1.807) is 11.3 Å². The normalized spacial score (nSPS) is 11.3. The standard InChI is InChI=1S/C24H18N2OS/c1-15-11-12-20-18(13-15)22(27)21-17-9-5-6-10-19(17)26-24(23(21)28-20)25-14-16-7-3-2-4-8-16/h2-13H,14H2,1H3,(H,25,26). The SMILES string of the molecule is Cc1ccc2sc3c(NCc4ccccc4)nc4ccccc4c3c(=O)c2c1. The zero-order valence-corrected chi connectivity index (χ0v) is 16.2. The van der Waals surface area contributed by atoms with Gasteiger partial charge in [0.05, 0.1) is 15.6 Å². The minimum absolute atomic E-state index is 0.0776. The van der Waals surface area contributed by atoms with Gasteiger partial charge in [0, 0.05) is 22.0 Å². The maximum Gasteiger partial charge on any atom is 0.196 e. The molecule has 0 aliphatic heterocycles. The summed E-state index contributed by atoms with van der Waals surface area (Å²) in [5, 5.41) is 5.90. The van der Waals surface area contributed by atoms with Gasteiger partial charge in [-0.2, -0.15) is 0 Å².